The van der Waals surface area contributed by atoms with Gasteiger partial charge in [-0.2, -0.15) is 0 Å². The van der Waals surface area contributed by atoms with Crippen molar-refractivity contribution in [3.05, 3.63) is 11.6 Å². The molecule has 0 spiro atoms. The second kappa shape index (κ2) is 6.14. The van der Waals surface area contributed by atoms with Crippen molar-refractivity contribution in [3.8, 4) is 0 Å². The summed E-state index contributed by atoms with van der Waals surface area (Å²) in [5.41, 5.74) is 2.21. The van der Waals surface area contributed by atoms with Crippen molar-refractivity contribution in [2.45, 2.75) is 46.5 Å². The lowest BCUT2D eigenvalue weighted by Crippen LogP contribution is -1.87. The molecule has 0 aromatic heterocycles. The molecule has 1 nitrogen and oxygen atoms in total. The third-order valence-electron chi connectivity index (χ3n) is 1.56. The second-order valence-corrected chi connectivity index (χ2v) is 3.31. The van der Waals surface area contributed by atoms with Crippen molar-refractivity contribution < 1.29 is 0 Å². The Hall–Kier alpha value is -0.590. The molecular weight excluding hydrogens is 134 g/mol. The van der Waals surface area contributed by atoms with Crippen LogP contribution in [0.25, 0.3) is 0 Å². The second-order valence-electron chi connectivity index (χ2n) is 3.31. The first-order chi connectivity index (χ1) is 5.13. The predicted molar refractivity (Wildman–Crippen MR) is 51.3 cm³/mol. The Morgan fingerprint density at radius 2 is 1.82 bits per heavy atom. The number of rotatable bonds is 5. The van der Waals surface area contributed by atoms with E-state index in [-0.39, 0.29) is 0 Å². The molecule has 0 bridgehead atoms. The van der Waals surface area contributed by atoms with Crippen molar-refractivity contribution in [2.24, 2.45) is 0 Å². The Kier molecular flexibility index (Phi) is 5.81. The minimum atomic E-state index is 0.808. The molecule has 0 saturated heterocycles. The highest BCUT2D eigenvalue weighted by Gasteiger charge is 1.88. The molecule has 1 N–H and O–H groups in total. The zero-order valence-corrected chi connectivity index (χ0v) is 7.91. The van der Waals surface area contributed by atoms with Crippen LogP contribution >= 0.6 is 0 Å². The number of unbranched alkanes of at least 4 members (excludes halogenated alkanes) is 2. The third-order valence-corrected chi connectivity index (χ3v) is 1.56. The molecule has 0 aliphatic heterocycles. The molecule has 1 heteroatoms. The maximum Gasteiger partial charge on any atom is 0.00582 e. The zero-order valence-electron chi connectivity index (χ0n) is 7.91. The van der Waals surface area contributed by atoms with Crippen LogP contribution < -0.4 is 0 Å². The van der Waals surface area contributed by atoms with Crippen LogP contribution in [0.3, 0.4) is 0 Å². The molecule has 0 aromatic carbocycles. The van der Waals surface area contributed by atoms with Crippen molar-refractivity contribution in [3.63, 3.8) is 0 Å². The van der Waals surface area contributed by atoms with E-state index in [4.69, 9.17) is 5.41 Å². The highest BCUT2D eigenvalue weighted by atomic mass is 14.4. The fourth-order valence-corrected chi connectivity index (χ4v) is 0.925. The molecule has 0 aliphatic carbocycles. The average molecular weight is 153 g/mol. The van der Waals surface area contributed by atoms with E-state index in [0.29, 0.717) is 0 Å². The van der Waals surface area contributed by atoms with Gasteiger partial charge in [-0.15, -0.1) is 0 Å². The molecule has 11 heavy (non-hydrogen) atoms. The van der Waals surface area contributed by atoms with Gasteiger partial charge in [0.15, 0.2) is 0 Å². The number of hydrogen-bond acceptors (Lipinski definition) is 1. The van der Waals surface area contributed by atoms with Crippen LogP contribution in [0.5, 0.6) is 0 Å². The van der Waals surface area contributed by atoms with E-state index in [1.807, 2.05) is 6.92 Å². The molecule has 0 fully saturated rings. The van der Waals surface area contributed by atoms with E-state index in [9.17, 15) is 0 Å². The van der Waals surface area contributed by atoms with E-state index in [0.717, 1.165) is 12.1 Å². The summed E-state index contributed by atoms with van der Waals surface area (Å²) in [6, 6.07) is 0. The highest BCUT2D eigenvalue weighted by Crippen LogP contribution is 2.03. The lowest BCUT2D eigenvalue weighted by Gasteiger charge is -1.96. The topological polar surface area (TPSA) is 23.9 Å². The van der Waals surface area contributed by atoms with Gasteiger partial charge in [0.2, 0.25) is 0 Å². The Balaban J connectivity index is 3.15. The minimum absolute atomic E-state index is 0.808. The van der Waals surface area contributed by atoms with Gasteiger partial charge in [0.1, 0.15) is 0 Å². The SMILES string of the molecule is CC(=N)CCCCC=C(C)C. The molecular formula is C10H19N. The van der Waals surface area contributed by atoms with Crippen molar-refractivity contribution in [2.75, 3.05) is 0 Å². The first-order valence-electron chi connectivity index (χ1n) is 4.30. The van der Waals surface area contributed by atoms with Crippen LogP contribution in [-0.2, 0) is 0 Å². The standard InChI is InChI=1S/C10H19N/c1-9(2)7-5-4-6-8-10(3)11/h7,11H,4-6,8H2,1-3H3. The highest BCUT2D eigenvalue weighted by molar-refractivity contribution is 5.78. The van der Waals surface area contributed by atoms with Gasteiger partial charge in [-0.25, -0.2) is 0 Å². The number of allylic oxidation sites excluding steroid dienone is 2. The van der Waals surface area contributed by atoms with Gasteiger partial charge in [-0.1, -0.05) is 11.6 Å². The summed E-state index contributed by atoms with van der Waals surface area (Å²) >= 11 is 0. The average Bonchev–Trinajstić information content (AvgIpc) is 1.85. The quantitative estimate of drug-likeness (QED) is 0.355. The summed E-state index contributed by atoms with van der Waals surface area (Å²) in [4.78, 5) is 0. The summed E-state index contributed by atoms with van der Waals surface area (Å²) in [7, 11) is 0. The molecule has 0 heterocycles. The van der Waals surface area contributed by atoms with Gasteiger partial charge in [0, 0.05) is 5.71 Å². The molecule has 0 rings (SSSR count). The van der Waals surface area contributed by atoms with Crippen LogP contribution in [0.4, 0.5) is 0 Å². The van der Waals surface area contributed by atoms with E-state index >= 15 is 0 Å². The number of nitrogens with one attached hydrogen (secondary N) is 1. The van der Waals surface area contributed by atoms with Crippen molar-refractivity contribution in [1.82, 2.24) is 0 Å². The minimum Gasteiger partial charge on any atom is -0.310 e. The van der Waals surface area contributed by atoms with E-state index in [1.165, 1.54) is 24.8 Å². The van der Waals surface area contributed by atoms with Gasteiger partial charge in [0.25, 0.3) is 0 Å². The fourth-order valence-electron chi connectivity index (χ4n) is 0.925. The van der Waals surface area contributed by atoms with Crippen molar-refractivity contribution >= 4 is 5.71 Å². The first-order valence-corrected chi connectivity index (χ1v) is 4.30. The van der Waals surface area contributed by atoms with Gasteiger partial charge in [-0.3, -0.25) is 0 Å². The van der Waals surface area contributed by atoms with E-state index in [2.05, 4.69) is 19.9 Å². The van der Waals surface area contributed by atoms with Crippen LogP contribution in [-0.4, -0.2) is 5.71 Å². The Labute approximate surface area is 70.0 Å². The summed E-state index contributed by atoms with van der Waals surface area (Å²) in [6.45, 7) is 6.13. The molecule has 64 valence electrons. The molecule has 0 aromatic rings. The monoisotopic (exact) mass is 153 g/mol. The summed E-state index contributed by atoms with van der Waals surface area (Å²) in [5.74, 6) is 0. The predicted octanol–water partition coefficient (Wildman–Crippen LogP) is 3.55. The molecule has 0 unspecified atom stereocenters. The zero-order chi connectivity index (χ0) is 8.69. The fraction of sp³-hybridized carbons (Fsp3) is 0.700. The lowest BCUT2D eigenvalue weighted by molar-refractivity contribution is 0.772. The van der Waals surface area contributed by atoms with E-state index in [1.54, 1.807) is 0 Å². The molecule has 0 amide bonds. The van der Waals surface area contributed by atoms with Crippen LogP contribution in [0.2, 0.25) is 0 Å². The Morgan fingerprint density at radius 1 is 1.18 bits per heavy atom. The van der Waals surface area contributed by atoms with Gasteiger partial charge >= 0.3 is 0 Å². The largest absolute Gasteiger partial charge is 0.310 e. The van der Waals surface area contributed by atoms with E-state index < -0.39 is 0 Å². The van der Waals surface area contributed by atoms with Gasteiger partial charge in [-0.05, 0) is 46.5 Å². The third kappa shape index (κ3) is 9.41. The van der Waals surface area contributed by atoms with Gasteiger partial charge in [0.05, 0.1) is 0 Å². The molecule has 0 aliphatic rings. The first kappa shape index (κ1) is 10.4. The maximum absolute atomic E-state index is 7.20. The summed E-state index contributed by atoms with van der Waals surface area (Å²) in [5, 5.41) is 7.20. The molecule has 0 saturated carbocycles. The summed E-state index contributed by atoms with van der Waals surface area (Å²) < 4.78 is 0. The van der Waals surface area contributed by atoms with Crippen LogP contribution in [0.1, 0.15) is 46.5 Å². The number of hydrogen-bond donors (Lipinski definition) is 1. The molecule has 0 atom stereocenters. The van der Waals surface area contributed by atoms with Gasteiger partial charge < -0.3 is 5.41 Å². The maximum atomic E-state index is 7.20. The molecule has 0 radical (unpaired) electrons. The lowest BCUT2D eigenvalue weighted by atomic mass is 10.1. The van der Waals surface area contributed by atoms with Crippen LogP contribution in [0, 0.1) is 5.41 Å². The smallest absolute Gasteiger partial charge is 0.00582 e. The van der Waals surface area contributed by atoms with Crippen LogP contribution in [0.15, 0.2) is 11.6 Å². The Morgan fingerprint density at radius 3 is 2.27 bits per heavy atom. The van der Waals surface area contributed by atoms with Crippen molar-refractivity contribution in [1.29, 1.82) is 5.41 Å². The normalized spacial score (nSPS) is 9.36. The Bertz CT molecular complexity index is 141. The summed E-state index contributed by atoms with van der Waals surface area (Å²) in [6.07, 6.45) is 6.80.